The van der Waals surface area contributed by atoms with Crippen LogP contribution in [0, 0.1) is 0 Å². The summed E-state index contributed by atoms with van der Waals surface area (Å²) in [5.41, 5.74) is 3.38. The molecule has 0 bridgehead atoms. The fraction of sp³-hybridized carbons (Fsp3) is 0.273. The maximum atomic E-state index is 12.6. The Morgan fingerprint density at radius 1 is 1.21 bits per heavy atom. The second-order valence-corrected chi connectivity index (χ2v) is 7.53. The molecule has 0 atom stereocenters. The molecule has 1 aliphatic rings. The van der Waals surface area contributed by atoms with Gasteiger partial charge in [-0.05, 0) is 52.2 Å². The summed E-state index contributed by atoms with van der Waals surface area (Å²) < 4.78 is 12.1. The summed E-state index contributed by atoms with van der Waals surface area (Å²) in [5.74, 6) is 0.912. The minimum Gasteiger partial charge on any atom is -0.490 e. The van der Waals surface area contributed by atoms with Gasteiger partial charge in [-0.25, -0.2) is 0 Å². The average Bonchev–Trinajstić information content (AvgIpc) is 2.97. The number of amides is 1. The molecule has 146 valence electrons. The number of nitrogens with zero attached hydrogens (tertiary/aromatic N) is 1. The van der Waals surface area contributed by atoms with Crippen molar-refractivity contribution in [1.82, 2.24) is 4.90 Å². The Morgan fingerprint density at radius 3 is 2.64 bits per heavy atom. The quantitative estimate of drug-likeness (QED) is 0.629. The zero-order chi connectivity index (χ0) is 20.3. The van der Waals surface area contributed by atoms with E-state index in [0.717, 1.165) is 22.3 Å². The van der Waals surface area contributed by atoms with Gasteiger partial charge >= 0.3 is 0 Å². The number of hydrogen-bond acceptors (Lipinski definition) is 4. The Balaban J connectivity index is 1.89. The molecule has 2 aromatic rings. The molecular formula is C22H22BrNO4. The first-order valence-corrected chi connectivity index (χ1v) is 9.82. The molecule has 0 spiro atoms. The first-order chi connectivity index (χ1) is 13.4. The average molecular weight is 444 g/mol. The molecule has 6 heteroatoms. The molecule has 0 saturated heterocycles. The van der Waals surface area contributed by atoms with E-state index in [4.69, 9.17) is 9.47 Å². The van der Waals surface area contributed by atoms with Crippen LogP contribution in [0.15, 0.2) is 46.4 Å². The molecule has 2 aromatic carbocycles. The van der Waals surface area contributed by atoms with E-state index in [-0.39, 0.29) is 18.3 Å². The second-order valence-electron chi connectivity index (χ2n) is 6.67. The fourth-order valence-corrected chi connectivity index (χ4v) is 3.58. The van der Waals surface area contributed by atoms with Crippen molar-refractivity contribution < 1.29 is 19.1 Å². The van der Waals surface area contributed by atoms with E-state index in [1.165, 1.54) is 4.90 Å². The van der Waals surface area contributed by atoms with E-state index in [1.54, 1.807) is 14.1 Å². The van der Waals surface area contributed by atoms with Gasteiger partial charge in [-0.15, -0.1) is 0 Å². The third kappa shape index (κ3) is 4.28. The Morgan fingerprint density at radius 2 is 1.96 bits per heavy atom. The number of ether oxygens (including phenoxy) is 2. The third-order valence-corrected chi connectivity index (χ3v) is 5.03. The van der Waals surface area contributed by atoms with Gasteiger partial charge < -0.3 is 14.4 Å². The zero-order valence-electron chi connectivity index (χ0n) is 16.1. The highest BCUT2D eigenvalue weighted by Gasteiger charge is 2.24. The normalized spacial score (nSPS) is 14.1. The van der Waals surface area contributed by atoms with E-state index >= 15 is 0 Å². The van der Waals surface area contributed by atoms with Crippen molar-refractivity contribution in [2.75, 3.05) is 27.3 Å². The molecule has 0 radical (unpaired) electrons. The van der Waals surface area contributed by atoms with Gasteiger partial charge in [0.1, 0.15) is 0 Å². The Kier molecular flexibility index (Phi) is 6.19. The summed E-state index contributed by atoms with van der Waals surface area (Å²) in [6.45, 7) is 2.25. The summed E-state index contributed by atoms with van der Waals surface area (Å²) in [5, 5.41) is 0. The lowest BCUT2D eigenvalue weighted by molar-refractivity contribution is -0.130. The molecule has 0 fully saturated rings. The van der Waals surface area contributed by atoms with Crippen molar-refractivity contribution in [1.29, 1.82) is 0 Å². The Hall–Kier alpha value is -2.60. The third-order valence-electron chi connectivity index (χ3n) is 4.45. The lowest BCUT2D eigenvalue weighted by Gasteiger charge is -2.16. The van der Waals surface area contributed by atoms with Crippen LogP contribution in [0.1, 0.15) is 28.4 Å². The zero-order valence-corrected chi connectivity index (χ0v) is 17.7. The molecule has 0 unspecified atom stereocenters. The molecule has 28 heavy (non-hydrogen) atoms. The first-order valence-electron chi connectivity index (χ1n) is 9.03. The van der Waals surface area contributed by atoms with Crippen LogP contribution in [0.2, 0.25) is 0 Å². The smallest absolute Gasteiger partial charge is 0.259 e. The van der Waals surface area contributed by atoms with Crippen LogP contribution in [0.5, 0.6) is 11.5 Å². The highest BCUT2D eigenvalue weighted by atomic mass is 79.9. The second kappa shape index (κ2) is 8.61. The van der Waals surface area contributed by atoms with Gasteiger partial charge in [0.15, 0.2) is 23.9 Å². The van der Waals surface area contributed by atoms with Gasteiger partial charge in [0.05, 0.1) is 11.1 Å². The maximum absolute atomic E-state index is 12.6. The number of likely N-dealkylation sites (N-methyl/N-ethyl adjacent to an activating group) is 1. The van der Waals surface area contributed by atoms with Gasteiger partial charge in [0, 0.05) is 31.7 Å². The minimum absolute atomic E-state index is 0.0570. The van der Waals surface area contributed by atoms with Crippen molar-refractivity contribution >= 4 is 33.7 Å². The largest absolute Gasteiger partial charge is 0.490 e. The van der Waals surface area contributed by atoms with Gasteiger partial charge in [0.25, 0.3) is 5.91 Å². The number of carbonyl (C=O) groups is 2. The predicted octanol–water partition coefficient (Wildman–Crippen LogP) is 4.14. The molecule has 1 aliphatic carbocycles. The van der Waals surface area contributed by atoms with Crippen LogP contribution in [0.3, 0.4) is 0 Å². The molecule has 5 nitrogen and oxygen atoms in total. The number of benzene rings is 2. The number of allylic oxidation sites excluding steroid dienone is 1. The SMILES string of the molecule is CCOc1cc(C=C2Cc3ccccc3C2=O)cc(Br)c1OCC(=O)N(C)C. The van der Waals surface area contributed by atoms with Crippen LogP contribution in [-0.2, 0) is 11.2 Å². The van der Waals surface area contributed by atoms with Crippen molar-refractivity contribution in [3.05, 3.63) is 63.1 Å². The molecule has 0 aromatic heterocycles. The van der Waals surface area contributed by atoms with Crippen molar-refractivity contribution in [3.8, 4) is 11.5 Å². The summed E-state index contributed by atoms with van der Waals surface area (Å²) in [6, 6.07) is 11.4. The molecule has 0 heterocycles. The molecular weight excluding hydrogens is 422 g/mol. The van der Waals surface area contributed by atoms with Gasteiger partial charge in [-0.1, -0.05) is 24.3 Å². The van der Waals surface area contributed by atoms with Crippen LogP contribution < -0.4 is 9.47 Å². The van der Waals surface area contributed by atoms with Crippen LogP contribution in [0.4, 0.5) is 0 Å². The van der Waals surface area contributed by atoms with Crippen molar-refractivity contribution in [2.45, 2.75) is 13.3 Å². The summed E-state index contributed by atoms with van der Waals surface area (Å²) in [6.07, 6.45) is 2.50. The molecule has 0 aliphatic heterocycles. The topological polar surface area (TPSA) is 55.8 Å². The fourth-order valence-electron chi connectivity index (χ4n) is 3.01. The van der Waals surface area contributed by atoms with Gasteiger partial charge in [0.2, 0.25) is 0 Å². The van der Waals surface area contributed by atoms with E-state index in [2.05, 4.69) is 15.9 Å². The van der Waals surface area contributed by atoms with Gasteiger partial charge in [-0.2, -0.15) is 0 Å². The van der Waals surface area contributed by atoms with Crippen LogP contribution in [-0.4, -0.2) is 43.9 Å². The minimum atomic E-state index is -0.144. The van der Waals surface area contributed by atoms with E-state index in [1.807, 2.05) is 49.4 Å². The number of hydrogen-bond donors (Lipinski definition) is 0. The van der Waals surface area contributed by atoms with E-state index < -0.39 is 0 Å². The highest BCUT2D eigenvalue weighted by Crippen LogP contribution is 2.38. The van der Waals surface area contributed by atoms with E-state index in [9.17, 15) is 9.59 Å². The summed E-state index contributed by atoms with van der Waals surface area (Å²) in [7, 11) is 3.35. The first kappa shape index (κ1) is 20.1. The van der Waals surface area contributed by atoms with Crippen LogP contribution in [0.25, 0.3) is 6.08 Å². The molecule has 0 N–H and O–H groups in total. The van der Waals surface area contributed by atoms with Crippen LogP contribution >= 0.6 is 15.9 Å². The monoisotopic (exact) mass is 443 g/mol. The number of rotatable bonds is 6. The summed E-state index contributed by atoms with van der Waals surface area (Å²) in [4.78, 5) is 25.9. The Bertz CT molecular complexity index is 950. The number of fused-ring (bicyclic) bond motifs is 1. The van der Waals surface area contributed by atoms with Gasteiger partial charge in [-0.3, -0.25) is 9.59 Å². The highest BCUT2D eigenvalue weighted by molar-refractivity contribution is 9.10. The molecule has 1 amide bonds. The lowest BCUT2D eigenvalue weighted by Crippen LogP contribution is -2.27. The number of ketones is 1. The molecule has 3 rings (SSSR count). The Labute approximate surface area is 173 Å². The van der Waals surface area contributed by atoms with E-state index in [0.29, 0.717) is 29.0 Å². The standard InChI is InChI=1S/C22H22BrNO4/c1-4-27-19-11-14(10-18(23)22(19)28-13-20(25)24(2)3)9-16-12-15-7-5-6-8-17(15)21(16)26/h5-11H,4,12-13H2,1-3H3. The molecule has 0 saturated carbocycles. The predicted molar refractivity (Wildman–Crippen MR) is 112 cm³/mol. The maximum Gasteiger partial charge on any atom is 0.259 e. The lowest BCUT2D eigenvalue weighted by atomic mass is 10.1. The number of halogens is 1. The number of Topliss-reactive ketones (excluding diaryl/α,β-unsaturated/α-hetero) is 1. The van der Waals surface area contributed by atoms with Crippen molar-refractivity contribution in [3.63, 3.8) is 0 Å². The number of carbonyl (C=O) groups excluding carboxylic acids is 2. The summed E-state index contributed by atoms with van der Waals surface area (Å²) >= 11 is 3.50. The van der Waals surface area contributed by atoms with Crippen molar-refractivity contribution in [2.24, 2.45) is 0 Å².